The summed E-state index contributed by atoms with van der Waals surface area (Å²) in [6, 6.07) is 4.50. The summed E-state index contributed by atoms with van der Waals surface area (Å²) in [5, 5.41) is 9.87. The SMILES string of the molecule is CCC(C)C(O)c1cccc(F)c1Cl. The van der Waals surface area contributed by atoms with Crippen LogP contribution in [0.3, 0.4) is 0 Å². The molecular formula is C11H14ClFO. The fourth-order valence-electron chi connectivity index (χ4n) is 1.28. The van der Waals surface area contributed by atoms with Crippen molar-refractivity contribution in [3.8, 4) is 0 Å². The Balaban J connectivity index is 3.01. The fraction of sp³-hybridized carbons (Fsp3) is 0.455. The van der Waals surface area contributed by atoms with Crippen LogP contribution in [-0.2, 0) is 0 Å². The van der Waals surface area contributed by atoms with Crippen molar-refractivity contribution >= 4 is 11.6 Å². The second kappa shape index (κ2) is 4.76. The minimum Gasteiger partial charge on any atom is -0.388 e. The van der Waals surface area contributed by atoms with Crippen molar-refractivity contribution in [1.82, 2.24) is 0 Å². The number of aliphatic hydroxyl groups is 1. The molecule has 1 N–H and O–H groups in total. The van der Waals surface area contributed by atoms with Crippen LogP contribution in [0.25, 0.3) is 0 Å². The third kappa shape index (κ3) is 2.25. The Labute approximate surface area is 88.5 Å². The van der Waals surface area contributed by atoms with Crippen molar-refractivity contribution in [1.29, 1.82) is 0 Å². The van der Waals surface area contributed by atoms with E-state index < -0.39 is 11.9 Å². The van der Waals surface area contributed by atoms with E-state index in [1.807, 2.05) is 13.8 Å². The number of hydrogen-bond donors (Lipinski definition) is 1. The molecule has 0 aliphatic carbocycles. The summed E-state index contributed by atoms with van der Waals surface area (Å²) in [6.07, 6.45) is 0.136. The second-order valence-corrected chi connectivity index (χ2v) is 3.85. The predicted molar refractivity (Wildman–Crippen MR) is 55.8 cm³/mol. The van der Waals surface area contributed by atoms with Crippen molar-refractivity contribution in [3.63, 3.8) is 0 Å². The predicted octanol–water partition coefficient (Wildman–Crippen LogP) is 3.56. The van der Waals surface area contributed by atoms with E-state index in [-0.39, 0.29) is 10.9 Å². The van der Waals surface area contributed by atoms with Crippen LogP contribution in [0.2, 0.25) is 5.02 Å². The molecule has 0 bridgehead atoms. The van der Waals surface area contributed by atoms with E-state index in [1.54, 1.807) is 12.1 Å². The Morgan fingerprint density at radius 2 is 2.14 bits per heavy atom. The van der Waals surface area contributed by atoms with Crippen molar-refractivity contribution < 1.29 is 9.50 Å². The highest BCUT2D eigenvalue weighted by Crippen LogP contribution is 2.31. The molecule has 1 nitrogen and oxygen atoms in total. The fourth-order valence-corrected chi connectivity index (χ4v) is 1.52. The van der Waals surface area contributed by atoms with Crippen molar-refractivity contribution in [2.75, 3.05) is 0 Å². The van der Waals surface area contributed by atoms with Gasteiger partial charge in [-0.25, -0.2) is 4.39 Å². The first-order chi connectivity index (χ1) is 6.57. The molecule has 0 spiro atoms. The maximum absolute atomic E-state index is 13.1. The van der Waals surface area contributed by atoms with Gasteiger partial charge in [-0.15, -0.1) is 0 Å². The summed E-state index contributed by atoms with van der Waals surface area (Å²) >= 11 is 5.75. The molecular weight excluding hydrogens is 203 g/mol. The zero-order valence-electron chi connectivity index (χ0n) is 8.30. The highest BCUT2D eigenvalue weighted by molar-refractivity contribution is 6.31. The average Bonchev–Trinajstić information content (AvgIpc) is 2.20. The Morgan fingerprint density at radius 1 is 1.50 bits per heavy atom. The summed E-state index contributed by atoms with van der Waals surface area (Å²) in [5.74, 6) is -0.402. The van der Waals surface area contributed by atoms with Gasteiger partial charge in [0.05, 0.1) is 11.1 Å². The summed E-state index contributed by atoms with van der Waals surface area (Å²) in [6.45, 7) is 3.88. The molecule has 14 heavy (non-hydrogen) atoms. The lowest BCUT2D eigenvalue weighted by atomic mass is 9.95. The van der Waals surface area contributed by atoms with Crippen LogP contribution < -0.4 is 0 Å². The van der Waals surface area contributed by atoms with Crippen molar-refractivity contribution in [2.24, 2.45) is 5.92 Å². The van der Waals surface area contributed by atoms with Gasteiger partial charge >= 0.3 is 0 Å². The van der Waals surface area contributed by atoms with Crippen LogP contribution in [0.4, 0.5) is 4.39 Å². The van der Waals surface area contributed by atoms with Gasteiger partial charge in [-0.3, -0.25) is 0 Å². The molecule has 0 aliphatic heterocycles. The molecule has 0 radical (unpaired) electrons. The smallest absolute Gasteiger partial charge is 0.142 e. The highest BCUT2D eigenvalue weighted by atomic mass is 35.5. The molecule has 78 valence electrons. The minimum atomic E-state index is -0.691. The molecule has 1 rings (SSSR count). The maximum atomic E-state index is 13.1. The largest absolute Gasteiger partial charge is 0.388 e. The van der Waals surface area contributed by atoms with E-state index in [0.717, 1.165) is 6.42 Å². The molecule has 0 amide bonds. The maximum Gasteiger partial charge on any atom is 0.142 e. The lowest BCUT2D eigenvalue weighted by Gasteiger charge is -2.18. The topological polar surface area (TPSA) is 20.2 Å². The van der Waals surface area contributed by atoms with Gasteiger partial charge in [-0.1, -0.05) is 44.0 Å². The number of aliphatic hydroxyl groups excluding tert-OH is 1. The van der Waals surface area contributed by atoms with E-state index in [1.165, 1.54) is 6.07 Å². The summed E-state index contributed by atoms with van der Waals surface area (Å²) in [5.41, 5.74) is 0.473. The quantitative estimate of drug-likeness (QED) is 0.819. The molecule has 0 saturated heterocycles. The van der Waals surface area contributed by atoms with Gasteiger partial charge in [0, 0.05) is 5.56 Å². The van der Waals surface area contributed by atoms with Crippen LogP contribution >= 0.6 is 11.6 Å². The van der Waals surface area contributed by atoms with E-state index in [9.17, 15) is 9.50 Å². The standard InChI is InChI=1S/C11H14ClFO/c1-3-7(2)11(14)8-5-4-6-9(13)10(8)12/h4-7,11,14H,3H2,1-2H3. The third-order valence-corrected chi connectivity index (χ3v) is 2.88. The highest BCUT2D eigenvalue weighted by Gasteiger charge is 2.18. The molecule has 2 unspecified atom stereocenters. The lowest BCUT2D eigenvalue weighted by molar-refractivity contribution is 0.115. The summed E-state index contributed by atoms with van der Waals surface area (Å²) in [7, 11) is 0. The Bertz CT molecular complexity index is 314. The monoisotopic (exact) mass is 216 g/mol. The Kier molecular flexibility index (Phi) is 3.90. The first-order valence-electron chi connectivity index (χ1n) is 4.69. The van der Waals surface area contributed by atoms with E-state index >= 15 is 0 Å². The summed E-state index contributed by atoms with van der Waals surface area (Å²) in [4.78, 5) is 0. The lowest BCUT2D eigenvalue weighted by Crippen LogP contribution is -2.09. The molecule has 0 heterocycles. The van der Waals surface area contributed by atoms with Crippen molar-refractivity contribution in [3.05, 3.63) is 34.6 Å². The number of benzene rings is 1. The first-order valence-corrected chi connectivity index (χ1v) is 5.07. The molecule has 3 heteroatoms. The van der Waals surface area contributed by atoms with Gasteiger partial charge in [-0.2, -0.15) is 0 Å². The van der Waals surface area contributed by atoms with Crippen LogP contribution in [0, 0.1) is 11.7 Å². The van der Waals surface area contributed by atoms with Crippen LogP contribution in [0.15, 0.2) is 18.2 Å². The van der Waals surface area contributed by atoms with Crippen molar-refractivity contribution in [2.45, 2.75) is 26.4 Å². The molecule has 2 atom stereocenters. The number of rotatable bonds is 3. The van der Waals surface area contributed by atoms with E-state index in [0.29, 0.717) is 5.56 Å². The zero-order valence-corrected chi connectivity index (χ0v) is 9.05. The van der Waals surface area contributed by atoms with Gasteiger partial charge in [0.1, 0.15) is 5.82 Å². The summed E-state index contributed by atoms with van der Waals surface area (Å²) < 4.78 is 13.1. The first kappa shape index (κ1) is 11.5. The molecule has 0 saturated carbocycles. The average molecular weight is 217 g/mol. The third-order valence-electron chi connectivity index (χ3n) is 2.48. The zero-order chi connectivity index (χ0) is 10.7. The van der Waals surface area contributed by atoms with Crippen LogP contribution in [0.1, 0.15) is 31.9 Å². The Hall–Kier alpha value is -0.600. The van der Waals surface area contributed by atoms with Crippen LogP contribution in [-0.4, -0.2) is 5.11 Å². The van der Waals surface area contributed by atoms with E-state index in [4.69, 9.17) is 11.6 Å². The van der Waals surface area contributed by atoms with E-state index in [2.05, 4.69) is 0 Å². The van der Waals surface area contributed by atoms with Gasteiger partial charge in [0.25, 0.3) is 0 Å². The number of hydrogen-bond acceptors (Lipinski definition) is 1. The minimum absolute atomic E-state index is 0.0281. The molecule has 1 aromatic rings. The molecule has 1 aromatic carbocycles. The molecule has 0 fully saturated rings. The normalized spacial score (nSPS) is 15.2. The Morgan fingerprint density at radius 3 is 2.71 bits per heavy atom. The molecule has 0 aliphatic rings. The van der Waals surface area contributed by atoms with Gasteiger partial charge < -0.3 is 5.11 Å². The number of halogens is 2. The van der Waals surface area contributed by atoms with Gasteiger partial charge in [0.15, 0.2) is 0 Å². The van der Waals surface area contributed by atoms with Gasteiger partial charge in [0.2, 0.25) is 0 Å². The van der Waals surface area contributed by atoms with Gasteiger partial charge in [-0.05, 0) is 12.0 Å². The second-order valence-electron chi connectivity index (χ2n) is 3.47. The van der Waals surface area contributed by atoms with Crippen LogP contribution in [0.5, 0.6) is 0 Å². The molecule has 0 aromatic heterocycles.